The highest BCUT2D eigenvalue weighted by Gasteiger charge is 2.53. The van der Waals surface area contributed by atoms with E-state index in [1.807, 2.05) is 18.2 Å². The van der Waals surface area contributed by atoms with Crippen molar-refractivity contribution in [2.24, 2.45) is 17.1 Å². The Morgan fingerprint density at radius 3 is 2.44 bits per heavy atom. The number of aromatic amines is 1. The Morgan fingerprint density at radius 2 is 1.89 bits per heavy atom. The van der Waals surface area contributed by atoms with Gasteiger partial charge in [0.15, 0.2) is 0 Å². The highest BCUT2D eigenvalue weighted by Crippen LogP contribution is 2.58. The van der Waals surface area contributed by atoms with Crippen molar-refractivity contribution in [3.63, 3.8) is 0 Å². The van der Waals surface area contributed by atoms with Gasteiger partial charge in [-0.1, -0.05) is 5.21 Å². The molecule has 8 nitrogen and oxygen atoms in total. The van der Waals surface area contributed by atoms with Crippen LogP contribution in [0.3, 0.4) is 0 Å². The number of fused-ring (bicyclic) bond motifs is 1. The van der Waals surface area contributed by atoms with Crippen molar-refractivity contribution in [3.8, 4) is 0 Å². The number of hydrogen-bond donors (Lipinski definition) is 4. The lowest BCUT2D eigenvalue weighted by atomic mass is 9.50. The molecule has 1 amide bonds. The van der Waals surface area contributed by atoms with E-state index >= 15 is 0 Å². The lowest BCUT2D eigenvalue weighted by Gasteiger charge is -2.56. The minimum absolute atomic E-state index is 0.110. The van der Waals surface area contributed by atoms with Crippen LogP contribution >= 0.6 is 0 Å². The van der Waals surface area contributed by atoms with Gasteiger partial charge in [0.1, 0.15) is 5.52 Å². The van der Waals surface area contributed by atoms with Crippen molar-refractivity contribution in [1.82, 2.24) is 15.4 Å². The normalized spacial score (nSPS) is 26.5. The van der Waals surface area contributed by atoms with Crippen LogP contribution < -0.4 is 11.1 Å². The second-order valence-electron chi connectivity index (χ2n) is 7.11. The number of alkyl halides is 3. The zero-order chi connectivity index (χ0) is 19.8. The summed E-state index contributed by atoms with van der Waals surface area (Å²) >= 11 is 0. The highest BCUT2D eigenvalue weighted by atomic mass is 19.4. The zero-order valence-electron chi connectivity index (χ0n) is 14.1. The van der Waals surface area contributed by atoms with E-state index in [0.717, 1.165) is 42.4 Å². The van der Waals surface area contributed by atoms with Crippen LogP contribution in [0.1, 0.15) is 25.7 Å². The summed E-state index contributed by atoms with van der Waals surface area (Å²) in [6.45, 7) is 0. The number of hydrogen-bond acceptors (Lipinski definition) is 5. The third-order valence-electron chi connectivity index (χ3n) is 4.96. The van der Waals surface area contributed by atoms with Crippen molar-refractivity contribution < 1.29 is 27.9 Å². The van der Waals surface area contributed by atoms with Gasteiger partial charge in [0.25, 0.3) is 0 Å². The van der Waals surface area contributed by atoms with Crippen LogP contribution in [0, 0.1) is 11.3 Å². The second-order valence-corrected chi connectivity index (χ2v) is 7.11. The summed E-state index contributed by atoms with van der Waals surface area (Å²) in [7, 11) is 0. The van der Waals surface area contributed by atoms with Gasteiger partial charge in [0, 0.05) is 17.6 Å². The molecule has 2 aliphatic carbocycles. The summed E-state index contributed by atoms with van der Waals surface area (Å²) in [6.07, 6.45) is -0.944. The largest absolute Gasteiger partial charge is 0.490 e. The van der Waals surface area contributed by atoms with Crippen LogP contribution in [0.15, 0.2) is 18.2 Å². The number of amides is 1. The third kappa shape index (κ3) is 4.18. The quantitative estimate of drug-likeness (QED) is 0.625. The molecule has 0 saturated heterocycles. The molecular formula is C16H18F3N5O3. The van der Waals surface area contributed by atoms with E-state index in [1.165, 1.54) is 0 Å². The standard InChI is InChI=1S/C14H17N5O.C2HF3O2/c15-9-6-14(7-9)4-8(5-14)13(20)16-10-1-2-11-12(3-10)18-19-17-11;3-2(4,5)1(6)7/h1-3,8-9H,4-7,15H2,(H,16,20)(H,17,18,19);(H,6,7). The van der Waals surface area contributed by atoms with Crippen LogP contribution in [0.2, 0.25) is 0 Å². The number of aromatic nitrogens is 3. The maximum atomic E-state index is 12.2. The molecule has 0 aliphatic heterocycles. The number of carbonyl (C=O) groups excluding carboxylic acids is 1. The molecule has 2 fully saturated rings. The first kappa shape index (κ1) is 19.1. The summed E-state index contributed by atoms with van der Waals surface area (Å²) in [5.74, 6) is -2.51. The number of carbonyl (C=O) groups is 2. The fraction of sp³-hybridized carbons (Fsp3) is 0.500. The summed E-state index contributed by atoms with van der Waals surface area (Å²) < 4.78 is 31.7. The molecule has 0 atom stereocenters. The number of aliphatic carboxylic acids is 1. The predicted molar refractivity (Wildman–Crippen MR) is 88.6 cm³/mol. The number of halogens is 3. The average Bonchev–Trinajstić information content (AvgIpc) is 2.96. The van der Waals surface area contributed by atoms with Gasteiger partial charge in [-0.2, -0.15) is 13.2 Å². The average molecular weight is 385 g/mol. The summed E-state index contributed by atoms with van der Waals surface area (Å²) in [4.78, 5) is 21.1. The highest BCUT2D eigenvalue weighted by molar-refractivity contribution is 5.95. The maximum absolute atomic E-state index is 12.2. The number of carboxylic acids is 1. The van der Waals surface area contributed by atoms with Crippen LogP contribution in [-0.4, -0.2) is 44.6 Å². The van der Waals surface area contributed by atoms with Gasteiger partial charge >= 0.3 is 12.1 Å². The first-order chi connectivity index (χ1) is 12.6. The van der Waals surface area contributed by atoms with Gasteiger partial charge in [-0.25, -0.2) is 4.79 Å². The molecule has 0 unspecified atom stereocenters. The van der Waals surface area contributed by atoms with Gasteiger partial charge in [0.2, 0.25) is 5.91 Å². The Labute approximate surface area is 151 Å². The van der Waals surface area contributed by atoms with Gasteiger partial charge < -0.3 is 16.2 Å². The van der Waals surface area contributed by atoms with E-state index in [0.29, 0.717) is 11.5 Å². The number of nitrogens with two attached hydrogens (primary N) is 1. The monoisotopic (exact) mass is 385 g/mol. The first-order valence-corrected chi connectivity index (χ1v) is 8.25. The fourth-order valence-electron chi connectivity index (χ4n) is 3.72. The summed E-state index contributed by atoms with van der Waals surface area (Å²) in [5, 5.41) is 20.6. The Kier molecular flexibility index (Phi) is 4.81. The zero-order valence-corrected chi connectivity index (χ0v) is 14.1. The molecule has 1 heterocycles. The molecule has 0 bridgehead atoms. The van der Waals surface area contributed by atoms with Gasteiger partial charge in [-0.05, 0) is 49.3 Å². The lowest BCUT2D eigenvalue weighted by molar-refractivity contribution is -0.192. The Bertz CT molecular complexity index is 852. The number of benzene rings is 1. The first-order valence-electron chi connectivity index (χ1n) is 8.25. The van der Waals surface area contributed by atoms with Crippen molar-refractivity contribution in [1.29, 1.82) is 0 Å². The van der Waals surface area contributed by atoms with Crippen molar-refractivity contribution >= 4 is 28.6 Å². The number of anilines is 1. The van der Waals surface area contributed by atoms with Crippen molar-refractivity contribution in [2.45, 2.75) is 37.9 Å². The van der Waals surface area contributed by atoms with E-state index in [2.05, 4.69) is 20.7 Å². The third-order valence-corrected chi connectivity index (χ3v) is 4.96. The van der Waals surface area contributed by atoms with E-state index in [4.69, 9.17) is 15.6 Å². The second kappa shape index (κ2) is 6.80. The molecule has 27 heavy (non-hydrogen) atoms. The van der Waals surface area contributed by atoms with Crippen molar-refractivity contribution in [3.05, 3.63) is 18.2 Å². The molecule has 1 aromatic carbocycles. The van der Waals surface area contributed by atoms with E-state index in [-0.39, 0.29) is 11.8 Å². The molecule has 2 aliphatic rings. The number of nitrogens with zero attached hydrogens (tertiary/aromatic N) is 2. The Hall–Kier alpha value is -2.69. The Balaban J connectivity index is 0.000000260. The van der Waals surface area contributed by atoms with E-state index < -0.39 is 12.1 Å². The lowest BCUT2D eigenvalue weighted by Crippen LogP contribution is -2.55. The minimum atomic E-state index is -5.08. The van der Waals surface area contributed by atoms with E-state index in [9.17, 15) is 18.0 Å². The molecule has 0 radical (unpaired) electrons. The van der Waals surface area contributed by atoms with Gasteiger partial charge in [-0.3, -0.25) is 9.89 Å². The predicted octanol–water partition coefficient (Wildman–Crippen LogP) is 2.05. The van der Waals surface area contributed by atoms with Crippen LogP contribution in [0.25, 0.3) is 11.0 Å². The number of nitrogens with one attached hydrogen (secondary N) is 2. The SMILES string of the molecule is NC1CC2(C1)CC(C(=O)Nc1ccc3[nH]nnc3c1)C2.O=C(O)C(F)(F)F. The molecule has 146 valence electrons. The van der Waals surface area contributed by atoms with Crippen LogP contribution in [-0.2, 0) is 9.59 Å². The van der Waals surface area contributed by atoms with Crippen LogP contribution in [0.4, 0.5) is 18.9 Å². The molecule has 1 aromatic heterocycles. The van der Waals surface area contributed by atoms with Crippen molar-refractivity contribution in [2.75, 3.05) is 5.32 Å². The van der Waals surface area contributed by atoms with Gasteiger partial charge in [0.05, 0.1) is 5.52 Å². The molecule has 2 aromatic rings. The summed E-state index contributed by atoms with van der Waals surface area (Å²) in [6, 6.07) is 5.93. The smallest absolute Gasteiger partial charge is 0.475 e. The van der Waals surface area contributed by atoms with Gasteiger partial charge in [-0.15, -0.1) is 5.10 Å². The fourth-order valence-corrected chi connectivity index (χ4v) is 3.72. The maximum Gasteiger partial charge on any atom is 0.490 e. The Morgan fingerprint density at radius 1 is 1.26 bits per heavy atom. The molecule has 11 heteroatoms. The van der Waals surface area contributed by atoms with E-state index in [1.54, 1.807) is 0 Å². The minimum Gasteiger partial charge on any atom is -0.475 e. The summed E-state index contributed by atoms with van der Waals surface area (Å²) in [5.41, 5.74) is 8.63. The van der Waals surface area contributed by atoms with Crippen LogP contribution in [0.5, 0.6) is 0 Å². The molecule has 5 N–H and O–H groups in total. The number of rotatable bonds is 2. The number of H-pyrrole nitrogens is 1. The topological polar surface area (TPSA) is 134 Å². The molecule has 1 spiro atoms. The molecular weight excluding hydrogens is 367 g/mol. The molecule has 2 saturated carbocycles. The number of carboxylic acid groups (broad SMARTS) is 1. The molecule has 4 rings (SSSR count).